The van der Waals surface area contributed by atoms with Gasteiger partial charge in [-0.25, -0.2) is 0 Å². The van der Waals surface area contributed by atoms with Gasteiger partial charge in [0.25, 0.3) is 0 Å². The van der Waals surface area contributed by atoms with Crippen LogP contribution >= 0.6 is 0 Å². The molecule has 6 atom stereocenters. The van der Waals surface area contributed by atoms with E-state index in [1.807, 2.05) is 44.2 Å². The maximum atomic E-state index is 10.3. The zero-order chi connectivity index (χ0) is 15.0. The number of hydrogen-bond acceptors (Lipinski definition) is 4. The van der Waals surface area contributed by atoms with Gasteiger partial charge in [0.15, 0.2) is 6.29 Å². The highest BCUT2D eigenvalue weighted by molar-refractivity contribution is 5.18. The number of rotatable bonds is 2. The summed E-state index contributed by atoms with van der Waals surface area (Å²) in [6.07, 6.45) is 0.209. The van der Waals surface area contributed by atoms with Crippen molar-refractivity contribution in [1.82, 2.24) is 0 Å². The zero-order valence-corrected chi connectivity index (χ0v) is 12.4. The summed E-state index contributed by atoms with van der Waals surface area (Å²) in [6.45, 7) is 8.11. The summed E-state index contributed by atoms with van der Waals surface area (Å²) in [5.74, 6) is -0.0538. The molecule has 4 heteroatoms. The van der Waals surface area contributed by atoms with Crippen molar-refractivity contribution in [3.63, 3.8) is 0 Å². The highest BCUT2D eigenvalue weighted by atomic mass is 16.7. The first kappa shape index (κ1) is 14.7. The predicted octanol–water partition coefficient (Wildman–Crippen LogP) is 2.44. The van der Waals surface area contributed by atoms with E-state index in [-0.39, 0.29) is 18.1 Å². The minimum Gasteiger partial charge on any atom is -0.390 e. The maximum absolute atomic E-state index is 10.3. The fourth-order valence-electron chi connectivity index (χ4n) is 3.28. The number of ether oxygens (including phenoxy) is 3. The van der Waals surface area contributed by atoms with Crippen LogP contribution in [0.4, 0.5) is 0 Å². The van der Waals surface area contributed by atoms with Crippen LogP contribution in [0.1, 0.15) is 25.7 Å². The summed E-state index contributed by atoms with van der Waals surface area (Å²) in [4.78, 5) is 0. The van der Waals surface area contributed by atoms with Gasteiger partial charge in [-0.3, -0.25) is 0 Å². The Morgan fingerprint density at radius 2 is 2.00 bits per heavy atom. The number of benzene rings is 1. The Balaban J connectivity index is 1.87. The first-order valence-electron chi connectivity index (χ1n) is 7.39. The monoisotopic (exact) mass is 290 g/mol. The van der Waals surface area contributed by atoms with Crippen LogP contribution in [0.25, 0.3) is 0 Å². The van der Waals surface area contributed by atoms with E-state index < -0.39 is 18.0 Å². The molecule has 0 amide bonds. The lowest BCUT2D eigenvalue weighted by molar-refractivity contribution is -0.341. The quantitative estimate of drug-likeness (QED) is 0.850. The summed E-state index contributed by atoms with van der Waals surface area (Å²) in [6, 6.07) is 9.81. The molecule has 2 fully saturated rings. The van der Waals surface area contributed by atoms with Crippen molar-refractivity contribution in [2.24, 2.45) is 5.92 Å². The molecule has 0 bridgehead atoms. The lowest BCUT2D eigenvalue weighted by atomic mass is 9.79. The van der Waals surface area contributed by atoms with Crippen LogP contribution in [-0.4, -0.2) is 35.6 Å². The number of aliphatic hydroxyl groups is 1. The molecule has 4 nitrogen and oxygen atoms in total. The Labute approximate surface area is 125 Å². The van der Waals surface area contributed by atoms with Crippen LogP contribution < -0.4 is 0 Å². The van der Waals surface area contributed by atoms with E-state index in [2.05, 4.69) is 6.58 Å². The molecule has 2 aliphatic rings. The van der Waals surface area contributed by atoms with Gasteiger partial charge >= 0.3 is 0 Å². The van der Waals surface area contributed by atoms with Crippen LogP contribution in [0, 0.1) is 5.92 Å². The standard InChI is InChI=1S/C17H22O4/c1-4-17-10-19-16(13-8-6-5-7-9-13)20-15(17)11(2)14(18)12(3)21-17/h4-9,11-12,14-16,18H,1,10H2,2-3H3. The average Bonchev–Trinajstić information content (AvgIpc) is 2.53. The minimum absolute atomic E-state index is 0.0538. The largest absolute Gasteiger partial charge is 0.390 e. The van der Waals surface area contributed by atoms with Crippen LogP contribution in [-0.2, 0) is 14.2 Å². The molecule has 6 unspecified atom stereocenters. The van der Waals surface area contributed by atoms with E-state index in [9.17, 15) is 5.11 Å². The molecule has 0 aliphatic carbocycles. The summed E-state index contributed by atoms with van der Waals surface area (Å²) in [7, 11) is 0. The molecule has 1 aromatic carbocycles. The number of hydrogen-bond donors (Lipinski definition) is 1. The number of fused-ring (bicyclic) bond motifs is 1. The van der Waals surface area contributed by atoms with E-state index in [1.54, 1.807) is 6.08 Å². The van der Waals surface area contributed by atoms with Crippen molar-refractivity contribution in [2.75, 3.05) is 6.61 Å². The Bertz CT molecular complexity index is 503. The maximum Gasteiger partial charge on any atom is 0.184 e. The van der Waals surface area contributed by atoms with Gasteiger partial charge < -0.3 is 19.3 Å². The van der Waals surface area contributed by atoms with Crippen molar-refractivity contribution in [2.45, 2.75) is 44.1 Å². The van der Waals surface area contributed by atoms with E-state index in [0.717, 1.165) is 5.56 Å². The molecule has 0 aromatic heterocycles. The molecular weight excluding hydrogens is 268 g/mol. The fourth-order valence-corrected chi connectivity index (χ4v) is 3.28. The molecule has 2 aliphatic heterocycles. The average molecular weight is 290 g/mol. The van der Waals surface area contributed by atoms with Gasteiger partial charge in [-0.1, -0.05) is 43.3 Å². The highest BCUT2D eigenvalue weighted by Gasteiger charge is 2.54. The van der Waals surface area contributed by atoms with E-state index in [0.29, 0.717) is 6.61 Å². The predicted molar refractivity (Wildman–Crippen MR) is 78.7 cm³/mol. The van der Waals surface area contributed by atoms with Crippen molar-refractivity contribution >= 4 is 0 Å². The molecule has 1 aromatic rings. The Kier molecular flexibility index (Phi) is 3.88. The SMILES string of the molecule is C=CC12COC(c3ccccc3)OC1C(C)C(O)C(C)O2. The topological polar surface area (TPSA) is 47.9 Å². The first-order valence-corrected chi connectivity index (χ1v) is 7.39. The molecule has 2 saturated heterocycles. The number of aliphatic hydroxyl groups excluding tert-OH is 1. The Morgan fingerprint density at radius 3 is 2.67 bits per heavy atom. The second-order valence-corrected chi connectivity index (χ2v) is 5.94. The van der Waals surface area contributed by atoms with Crippen molar-refractivity contribution in [3.05, 3.63) is 48.6 Å². The molecule has 2 heterocycles. The van der Waals surface area contributed by atoms with Crippen molar-refractivity contribution in [3.8, 4) is 0 Å². The third-order valence-electron chi connectivity index (χ3n) is 4.53. The van der Waals surface area contributed by atoms with Gasteiger partial charge in [0.05, 0.1) is 18.8 Å². The zero-order valence-electron chi connectivity index (χ0n) is 12.4. The molecule has 3 rings (SSSR count). The van der Waals surface area contributed by atoms with Crippen molar-refractivity contribution in [1.29, 1.82) is 0 Å². The molecule has 114 valence electrons. The van der Waals surface area contributed by atoms with Crippen LogP contribution in [0.5, 0.6) is 0 Å². The van der Waals surface area contributed by atoms with Gasteiger partial charge in [0.2, 0.25) is 0 Å². The Morgan fingerprint density at radius 1 is 1.29 bits per heavy atom. The lowest BCUT2D eigenvalue weighted by Crippen LogP contribution is -2.64. The summed E-state index contributed by atoms with van der Waals surface area (Å²) in [5, 5.41) is 10.3. The van der Waals surface area contributed by atoms with E-state index in [4.69, 9.17) is 14.2 Å². The van der Waals surface area contributed by atoms with Gasteiger partial charge in [0.1, 0.15) is 11.7 Å². The second kappa shape index (κ2) is 5.54. The summed E-state index contributed by atoms with van der Waals surface area (Å²) in [5.41, 5.74) is 0.277. The summed E-state index contributed by atoms with van der Waals surface area (Å²) < 4.78 is 18.0. The first-order chi connectivity index (χ1) is 10.1. The molecule has 0 spiro atoms. The van der Waals surface area contributed by atoms with Gasteiger partial charge in [-0.15, -0.1) is 6.58 Å². The van der Waals surface area contributed by atoms with E-state index >= 15 is 0 Å². The van der Waals surface area contributed by atoms with Crippen LogP contribution in [0.15, 0.2) is 43.0 Å². The van der Waals surface area contributed by atoms with Crippen LogP contribution in [0.2, 0.25) is 0 Å². The van der Waals surface area contributed by atoms with Gasteiger partial charge in [-0.05, 0) is 6.92 Å². The smallest absolute Gasteiger partial charge is 0.184 e. The Hall–Kier alpha value is -1.20. The van der Waals surface area contributed by atoms with Gasteiger partial charge in [0, 0.05) is 11.5 Å². The highest BCUT2D eigenvalue weighted by Crippen LogP contribution is 2.43. The third-order valence-corrected chi connectivity index (χ3v) is 4.53. The van der Waals surface area contributed by atoms with Crippen LogP contribution in [0.3, 0.4) is 0 Å². The normalized spacial score (nSPS) is 43.1. The fraction of sp³-hybridized carbons (Fsp3) is 0.529. The van der Waals surface area contributed by atoms with Crippen molar-refractivity contribution < 1.29 is 19.3 Å². The summed E-state index contributed by atoms with van der Waals surface area (Å²) >= 11 is 0. The molecule has 0 saturated carbocycles. The lowest BCUT2D eigenvalue weighted by Gasteiger charge is -2.53. The third kappa shape index (κ3) is 2.42. The molecular formula is C17H22O4. The van der Waals surface area contributed by atoms with E-state index in [1.165, 1.54) is 0 Å². The molecule has 21 heavy (non-hydrogen) atoms. The molecule has 1 N–H and O–H groups in total. The van der Waals surface area contributed by atoms with Gasteiger partial charge in [-0.2, -0.15) is 0 Å². The second-order valence-electron chi connectivity index (χ2n) is 5.94. The molecule has 0 radical (unpaired) electrons. The minimum atomic E-state index is -0.691.